The van der Waals surface area contributed by atoms with E-state index in [0.29, 0.717) is 13.1 Å². The van der Waals surface area contributed by atoms with Gasteiger partial charge in [-0.3, -0.25) is 4.79 Å². The molecule has 14 heteroatoms. The summed E-state index contributed by atoms with van der Waals surface area (Å²) in [6.45, 7) is 10.4. The van der Waals surface area contributed by atoms with E-state index < -0.39 is 47.4 Å². The molecule has 3 aliphatic rings. The maximum absolute atomic E-state index is 16.4. The molecular formula is C35H39F3N6O5. The molecule has 11 nitrogen and oxygen atoms in total. The number of anilines is 1. The van der Waals surface area contributed by atoms with Crippen LogP contribution in [0, 0.1) is 17.6 Å². The second-order valence-corrected chi connectivity index (χ2v) is 12.9. The number of alkyl halides is 1. The fraction of sp³-hybridized carbons (Fsp3) is 0.429. The number of dihydropyridines is 1. The van der Waals surface area contributed by atoms with Gasteiger partial charge in [0.2, 0.25) is 5.91 Å². The Balaban J connectivity index is 1.71. The van der Waals surface area contributed by atoms with Gasteiger partial charge in [-0.05, 0) is 56.3 Å². The standard InChI is InChI=1S/C35H39F3N6O5/c1-6-27(45)42-13-14-43(20(4)17-42)32-22-16-24(38)29-28-23(37)8-7-9-25(28)49-18-26(48-15-11-36)30(46)21-10-12-39-35(5,19(2)3)31(21)44(33(22)40-29)34(47)41-32/h6-10,12,16,19-20,26,30,39,46H,1,11,13-15,17-18H2,2-5H3/t20-,26?,30?,35-/m0/s1. The van der Waals surface area contributed by atoms with Gasteiger partial charge in [-0.1, -0.05) is 26.5 Å². The van der Waals surface area contributed by atoms with Crippen molar-refractivity contribution in [2.45, 2.75) is 51.5 Å². The summed E-state index contributed by atoms with van der Waals surface area (Å²) < 4.78 is 58.4. The largest absolute Gasteiger partial charge is 0.490 e. The molecule has 2 bridgehead atoms. The smallest absolute Gasteiger partial charge is 0.355 e. The second kappa shape index (κ2) is 13.3. The average molecular weight is 681 g/mol. The van der Waals surface area contributed by atoms with E-state index in [4.69, 9.17) is 9.47 Å². The first-order chi connectivity index (χ1) is 23.4. The number of pyridine rings is 1. The lowest BCUT2D eigenvalue weighted by Crippen LogP contribution is -2.54. The van der Waals surface area contributed by atoms with Crippen LogP contribution in [0.4, 0.5) is 19.0 Å². The molecular weight excluding hydrogens is 641 g/mol. The zero-order valence-electron chi connectivity index (χ0n) is 27.8. The second-order valence-electron chi connectivity index (χ2n) is 12.9. The van der Waals surface area contributed by atoms with Crippen LogP contribution in [0.15, 0.2) is 59.6 Å². The van der Waals surface area contributed by atoms with Gasteiger partial charge in [0.1, 0.15) is 48.6 Å². The molecule has 1 aromatic carbocycles. The first-order valence-corrected chi connectivity index (χ1v) is 16.2. The van der Waals surface area contributed by atoms with E-state index in [2.05, 4.69) is 21.9 Å². The molecule has 3 aliphatic heterocycles. The number of nitrogens with zero attached hydrogens (tertiary/aromatic N) is 5. The lowest BCUT2D eigenvalue weighted by molar-refractivity contribution is -0.126. The average Bonchev–Trinajstić information content (AvgIpc) is 3.07. The van der Waals surface area contributed by atoms with Gasteiger partial charge < -0.3 is 29.7 Å². The molecule has 6 rings (SSSR count). The Bertz CT molecular complexity index is 1930. The lowest BCUT2D eigenvalue weighted by atomic mass is 9.79. The number of nitrogens with one attached hydrogen (secondary N) is 1. The van der Waals surface area contributed by atoms with Crippen LogP contribution >= 0.6 is 0 Å². The molecule has 0 radical (unpaired) electrons. The Hall–Kier alpha value is -4.69. The number of carbonyl (C=O) groups excluding carboxylic acids is 1. The number of fused-ring (bicyclic) bond motifs is 4. The molecule has 260 valence electrons. The van der Waals surface area contributed by atoms with E-state index in [9.17, 15) is 19.1 Å². The number of amides is 1. The number of benzene rings is 1. The minimum absolute atomic E-state index is 0.0390. The zero-order chi connectivity index (χ0) is 35.2. The summed E-state index contributed by atoms with van der Waals surface area (Å²) in [6, 6.07) is 4.78. The molecule has 0 spiro atoms. The fourth-order valence-electron chi connectivity index (χ4n) is 6.75. The van der Waals surface area contributed by atoms with Crippen molar-refractivity contribution < 1.29 is 32.5 Å². The lowest BCUT2D eigenvalue weighted by Gasteiger charge is -2.43. The molecule has 1 amide bonds. The number of aromatic nitrogens is 3. The zero-order valence-corrected chi connectivity index (χ0v) is 27.8. The Morgan fingerprint density at radius 1 is 1.27 bits per heavy atom. The van der Waals surface area contributed by atoms with Gasteiger partial charge in [0.05, 0.1) is 28.8 Å². The Morgan fingerprint density at radius 3 is 2.73 bits per heavy atom. The molecule has 2 unspecified atom stereocenters. The number of piperazine rings is 1. The van der Waals surface area contributed by atoms with Crippen LogP contribution in [-0.2, 0) is 9.53 Å². The van der Waals surface area contributed by atoms with Crippen molar-refractivity contribution in [1.29, 1.82) is 0 Å². The summed E-state index contributed by atoms with van der Waals surface area (Å²) in [6.07, 6.45) is 1.82. The Morgan fingerprint density at radius 2 is 2.04 bits per heavy atom. The van der Waals surface area contributed by atoms with Crippen molar-refractivity contribution in [3.05, 3.63) is 76.9 Å². The summed E-state index contributed by atoms with van der Waals surface area (Å²) >= 11 is 0. The van der Waals surface area contributed by atoms with E-state index in [-0.39, 0.29) is 77.1 Å². The van der Waals surface area contributed by atoms with Gasteiger partial charge in [-0.2, -0.15) is 4.98 Å². The summed E-state index contributed by atoms with van der Waals surface area (Å²) in [4.78, 5) is 39.5. The van der Waals surface area contributed by atoms with Crippen molar-refractivity contribution in [3.8, 4) is 17.0 Å². The molecule has 1 saturated heterocycles. The van der Waals surface area contributed by atoms with E-state index in [1.54, 1.807) is 17.2 Å². The van der Waals surface area contributed by atoms with E-state index in [1.165, 1.54) is 28.8 Å². The maximum atomic E-state index is 16.4. The van der Waals surface area contributed by atoms with E-state index in [1.807, 2.05) is 32.6 Å². The number of rotatable bonds is 6. The van der Waals surface area contributed by atoms with Crippen molar-refractivity contribution >= 4 is 28.5 Å². The number of aliphatic hydroxyl groups is 1. The molecule has 1 fully saturated rings. The van der Waals surface area contributed by atoms with Gasteiger partial charge in [-0.25, -0.2) is 27.5 Å². The monoisotopic (exact) mass is 680 g/mol. The van der Waals surface area contributed by atoms with Crippen LogP contribution in [0.1, 0.15) is 27.7 Å². The fourth-order valence-corrected chi connectivity index (χ4v) is 6.75. The number of hydrogen-bond donors (Lipinski definition) is 2. The number of aliphatic hydroxyl groups excluding tert-OH is 1. The number of ether oxygens (including phenoxy) is 2. The van der Waals surface area contributed by atoms with Crippen molar-refractivity contribution in [2.24, 2.45) is 5.92 Å². The van der Waals surface area contributed by atoms with Crippen molar-refractivity contribution in [1.82, 2.24) is 24.8 Å². The highest BCUT2D eigenvalue weighted by molar-refractivity contribution is 5.93. The number of carbonyl (C=O) groups is 1. The van der Waals surface area contributed by atoms with E-state index in [0.717, 1.165) is 6.07 Å². The molecule has 2 aromatic heterocycles. The first kappa shape index (κ1) is 34.2. The predicted octanol–water partition coefficient (Wildman–Crippen LogP) is 3.81. The highest BCUT2D eigenvalue weighted by Crippen LogP contribution is 2.41. The summed E-state index contributed by atoms with van der Waals surface area (Å²) in [5.41, 5.74) is -2.06. The van der Waals surface area contributed by atoms with Crippen LogP contribution in [-0.4, -0.2) is 93.8 Å². The molecule has 4 atom stereocenters. The van der Waals surface area contributed by atoms with Crippen LogP contribution in [0.3, 0.4) is 0 Å². The van der Waals surface area contributed by atoms with Crippen molar-refractivity contribution in [3.63, 3.8) is 0 Å². The third kappa shape index (κ3) is 5.86. The van der Waals surface area contributed by atoms with Gasteiger partial charge in [0, 0.05) is 31.2 Å². The quantitative estimate of drug-likeness (QED) is 0.375. The van der Waals surface area contributed by atoms with Gasteiger partial charge in [0.15, 0.2) is 11.5 Å². The summed E-state index contributed by atoms with van der Waals surface area (Å²) in [5.74, 6) is -2.13. The normalized spacial score (nSPS) is 23.8. The molecule has 5 heterocycles. The molecule has 49 heavy (non-hydrogen) atoms. The molecule has 3 aromatic rings. The minimum Gasteiger partial charge on any atom is -0.490 e. The van der Waals surface area contributed by atoms with Crippen LogP contribution in [0.2, 0.25) is 0 Å². The van der Waals surface area contributed by atoms with E-state index >= 15 is 8.78 Å². The van der Waals surface area contributed by atoms with Crippen LogP contribution in [0.5, 0.6) is 5.75 Å². The molecule has 0 aliphatic carbocycles. The summed E-state index contributed by atoms with van der Waals surface area (Å²) in [7, 11) is 0. The van der Waals surface area contributed by atoms with Gasteiger partial charge >= 0.3 is 5.69 Å². The minimum atomic E-state index is -1.47. The highest BCUT2D eigenvalue weighted by atomic mass is 19.1. The van der Waals surface area contributed by atoms with Gasteiger partial charge in [0.25, 0.3) is 0 Å². The first-order valence-electron chi connectivity index (χ1n) is 16.2. The Kier molecular flexibility index (Phi) is 9.29. The summed E-state index contributed by atoms with van der Waals surface area (Å²) in [5, 5.41) is 15.4. The van der Waals surface area contributed by atoms with Crippen LogP contribution < -0.4 is 20.6 Å². The van der Waals surface area contributed by atoms with Crippen molar-refractivity contribution in [2.75, 3.05) is 44.4 Å². The topological polar surface area (TPSA) is 122 Å². The molecule has 2 N–H and O–H groups in total. The Labute approximate surface area is 281 Å². The third-order valence-corrected chi connectivity index (χ3v) is 9.67. The maximum Gasteiger partial charge on any atom is 0.355 e. The SMILES string of the molecule is C=CC(=O)N1CCN(c2nc(=O)n3c4nc(c(F)cc24)-c2c(F)cccc2OCC(OCCF)C(O)C2=C3[C@](C)(C(C)C)NC=C2)[C@@H](C)C1. The number of halogens is 3. The highest BCUT2D eigenvalue weighted by Gasteiger charge is 2.42. The van der Waals surface area contributed by atoms with Gasteiger partial charge in [-0.15, -0.1) is 0 Å². The predicted molar refractivity (Wildman–Crippen MR) is 179 cm³/mol. The molecule has 0 saturated carbocycles. The third-order valence-electron chi connectivity index (χ3n) is 9.67. The van der Waals surface area contributed by atoms with Crippen LogP contribution in [0.25, 0.3) is 28.0 Å². The number of hydrogen-bond acceptors (Lipinski definition) is 9.